The van der Waals surface area contributed by atoms with Gasteiger partial charge in [0.1, 0.15) is 0 Å². The molecule has 0 spiro atoms. The molecule has 13 aromatic rings. The van der Waals surface area contributed by atoms with Gasteiger partial charge in [-0.05, 0) is 145 Å². The standard InChI is InChI=1S/C84H66N8O8/c1-3-5-7-9-11-19-45-89-77(93)59-47-63-64(48-60(59)78(89)94)82(98)91(81(63)97)55-31-25-51(26-32-55)29-35-57-67-37-41-71(85-67)75(53-21-15-13-16-22-53)73-43-39-69(87-73)58(70-40-44-74(88-70)76(54-23-17-14-18-24-54)72-42-38-68(57)86-72)36-30-52-27-33-56(34-28-52)92-83(99)65-49-61-62(50-66(65)84(92)100)80(96)90(79(61)95)46-20-12-10-8-6-4-2/h13-18,21-28,31-34,37-44,47-50,85,88H,3-12,19-20,45-46H2,1-2H3. The summed E-state index contributed by atoms with van der Waals surface area (Å²) in [4.78, 5) is 129. The van der Waals surface area contributed by atoms with Gasteiger partial charge >= 0.3 is 0 Å². The molecule has 15 rings (SSSR count). The molecule has 16 nitrogen and oxygen atoms in total. The lowest BCUT2D eigenvalue weighted by atomic mass is 10.0. The highest BCUT2D eigenvalue weighted by atomic mass is 16.2. The maximum Gasteiger partial charge on any atom is 0.266 e. The number of hydrogen-bond acceptors (Lipinski definition) is 10. The maximum atomic E-state index is 14.1. The van der Waals surface area contributed by atoms with E-state index in [9.17, 15) is 38.4 Å². The van der Waals surface area contributed by atoms with Gasteiger partial charge in [0.2, 0.25) is 0 Å². The highest BCUT2D eigenvalue weighted by molar-refractivity contribution is 6.00. The van der Waals surface area contributed by atoms with Crippen LogP contribution in [0.25, 0.3) is 123 Å². The summed E-state index contributed by atoms with van der Waals surface area (Å²) in [6, 6.07) is 47.0. The first-order chi connectivity index (χ1) is 48.8. The lowest BCUT2D eigenvalue weighted by Crippen LogP contribution is -2.25. The van der Waals surface area contributed by atoms with Crippen LogP contribution in [0.3, 0.4) is 0 Å². The van der Waals surface area contributed by atoms with E-state index >= 15 is 0 Å². The van der Waals surface area contributed by atoms with E-state index in [2.05, 4.69) is 47.5 Å². The first kappa shape index (κ1) is 63.6. The zero-order chi connectivity index (χ0) is 68.7. The molecule has 0 atom stereocenters. The molecular weight excluding hydrogens is 1250 g/mol. The molecule has 490 valence electrons. The molecule has 0 fully saturated rings. The summed E-state index contributed by atoms with van der Waals surface area (Å²) in [5.41, 5.74) is 7.54. The molecule has 8 bridgehead atoms. The van der Waals surface area contributed by atoms with E-state index in [0.717, 1.165) is 107 Å². The number of H-pyrrole nitrogens is 2. The molecule has 16 heteroatoms. The summed E-state index contributed by atoms with van der Waals surface area (Å²) >= 11 is 0. The molecule has 9 heterocycles. The number of aromatic nitrogens is 8. The van der Waals surface area contributed by atoms with Gasteiger partial charge in [0.05, 0.1) is 99.4 Å². The Morgan fingerprint density at radius 3 is 0.980 bits per heavy atom. The Kier molecular flexibility index (Phi) is 17.1. The van der Waals surface area contributed by atoms with E-state index in [1.165, 1.54) is 33.4 Å². The molecule has 2 aliphatic rings. The van der Waals surface area contributed by atoms with E-state index in [0.29, 0.717) is 80.3 Å². The van der Waals surface area contributed by atoms with Crippen molar-refractivity contribution in [2.24, 2.45) is 0 Å². The Labute approximate surface area is 571 Å². The minimum Gasteiger partial charge on any atom is -0.354 e. The SMILES string of the molecule is CCCCCCCCn1c(=O)c2cc3c(=O)n(-c4ccc(C#Cc5c6nc(c(-c7ccccc7)c7ccc([nH]7)c(C#Cc7ccc(-n8c(=O)c9cc%10c(=O)n(CCCCCCCC)c(=O)c%10cc9c8=O)cc7)c7nc(c(-c8ccccc8)c8ccc5[nH]8)C=C7)C=C6)cc4)c(=O)c3cc2c1=O. The topological polar surface area (TPSA) is 214 Å². The number of nitrogens with one attached hydrogen (secondary N) is 2. The van der Waals surface area contributed by atoms with Crippen LogP contribution in [-0.2, 0) is 13.1 Å². The second-order valence-electron chi connectivity index (χ2n) is 25.7. The van der Waals surface area contributed by atoms with E-state index in [4.69, 9.17) is 9.97 Å². The average molecular weight is 1320 g/mol. The Morgan fingerprint density at radius 2 is 0.630 bits per heavy atom. The Hall–Kier alpha value is -12.4. The van der Waals surface area contributed by atoms with Crippen LogP contribution < -0.4 is 44.5 Å². The van der Waals surface area contributed by atoms with Crippen molar-refractivity contribution in [3.05, 3.63) is 286 Å². The molecule has 0 saturated heterocycles. The fourth-order valence-corrected chi connectivity index (χ4v) is 14.0. The van der Waals surface area contributed by atoms with Gasteiger partial charge < -0.3 is 9.97 Å². The molecule has 0 aliphatic carbocycles. The first-order valence-electron chi connectivity index (χ1n) is 34.2. The second kappa shape index (κ2) is 26.9. The van der Waals surface area contributed by atoms with Crippen molar-refractivity contribution in [1.29, 1.82) is 0 Å². The molecule has 0 radical (unpaired) electrons. The highest BCUT2D eigenvalue weighted by Crippen LogP contribution is 2.35. The Morgan fingerprint density at radius 1 is 0.320 bits per heavy atom. The molecule has 2 N–H and O–H groups in total. The number of hydrogen-bond donors (Lipinski definition) is 2. The predicted molar refractivity (Wildman–Crippen MR) is 401 cm³/mol. The summed E-state index contributed by atoms with van der Waals surface area (Å²) in [6.45, 7) is 4.86. The third kappa shape index (κ3) is 11.6. The van der Waals surface area contributed by atoms with Gasteiger partial charge in [-0.2, -0.15) is 0 Å². The lowest BCUT2D eigenvalue weighted by Gasteiger charge is -2.04. The lowest BCUT2D eigenvalue weighted by molar-refractivity contribution is 0.547. The van der Waals surface area contributed by atoms with Crippen molar-refractivity contribution >= 4 is 89.5 Å². The molecule has 0 saturated carbocycles. The molecule has 0 unspecified atom stereocenters. The van der Waals surface area contributed by atoms with Gasteiger partial charge in [-0.15, -0.1) is 0 Å². The van der Waals surface area contributed by atoms with Crippen LogP contribution in [-0.4, -0.2) is 38.2 Å². The molecular formula is C84H66N8O8. The maximum absolute atomic E-state index is 14.1. The quantitative estimate of drug-likeness (QED) is 0.0612. The van der Waals surface area contributed by atoms with Crippen LogP contribution in [0, 0.1) is 23.7 Å². The fraction of sp³-hybridized carbons (Fsp3) is 0.190. The molecule has 7 aromatic heterocycles. The normalized spacial score (nSPS) is 11.9. The number of aromatic amines is 2. The highest BCUT2D eigenvalue weighted by Gasteiger charge is 2.24. The number of rotatable bonds is 18. The number of benzene rings is 6. The van der Waals surface area contributed by atoms with Crippen LogP contribution in [0.4, 0.5) is 0 Å². The third-order valence-electron chi connectivity index (χ3n) is 19.2. The zero-order valence-corrected chi connectivity index (χ0v) is 55.2. The minimum absolute atomic E-state index is 0.0723. The van der Waals surface area contributed by atoms with Crippen molar-refractivity contribution in [2.45, 2.75) is 104 Å². The van der Waals surface area contributed by atoms with E-state index in [-0.39, 0.29) is 56.2 Å². The number of unbranched alkanes of at least 4 members (excludes halogenated alkanes) is 10. The minimum atomic E-state index is -0.587. The summed E-state index contributed by atoms with van der Waals surface area (Å²) in [7, 11) is 0. The average Bonchev–Trinajstić information content (AvgIpc) is 1.59. The van der Waals surface area contributed by atoms with Crippen molar-refractivity contribution in [3.8, 4) is 57.3 Å². The summed E-state index contributed by atoms with van der Waals surface area (Å²) in [5.74, 6) is 13.6. The molecule has 100 heavy (non-hydrogen) atoms. The van der Waals surface area contributed by atoms with Crippen LogP contribution in [0.15, 0.2) is 196 Å². The zero-order valence-electron chi connectivity index (χ0n) is 55.2. The molecule has 0 amide bonds. The van der Waals surface area contributed by atoms with Crippen LogP contribution >= 0.6 is 0 Å². The molecule has 6 aromatic carbocycles. The number of fused-ring (bicyclic) bond motifs is 12. The molecule has 2 aliphatic heterocycles. The van der Waals surface area contributed by atoms with Crippen LogP contribution in [0.1, 0.15) is 136 Å². The number of nitrogens with zero attached hydrogens (tertiary/aromatic N) is 6. The Bertz CT molecular complexity index is 5770. The fourth-order valence-electron chi connectivity index (χ4n) is 14.0. The van der Waals surface area contributed by atoms with E-state index in [1.807, 2.05) is 109 Å². The van der Waals surface area contributed by atoms with Crippen molar-refractivity contribution < 1.29 is 0 Å². The van der Waals surface area contributed by atoms with E-state index in [1.54, 1.807) is 48.5 Å². The van der Waals surface area contributed by atoms with Crippen molar-refractivity contribution in [1.82, 2.24) is 38.2 Å². The Balaban J connectivity index is 0.797. The van der Waals surface area contributed by atoms with Gasteiger partial charge in [0.25, 0.3) is 44.5 Å². The van der Waals surface area contributed by atoms with Gasteiger partial charge in [-0.3, -0.25) is 47.5 Å². The second-order valence-corrected chi connectivity index (χ2v) is 25.7. The summed E-state index contributed by atoms with van der Waals surface area (Å²) < 4.78 is 4.59. The van der Waals surface area contributed by atoms with E-state index < -0.39 is 44.5 Å². The van der Waals surface area contributed by atoms with Gasteiger partial charge in [-0.1, -0.05) is 162 Å². The monoisotopic (exact) mass is 1310 g/mol. The smallest absolute Gasteiger partial charge is 0.266 e. The van der Waals surface area contributed by atoms with Gasteiger partial charge in [0.15, 0.2) is 0 Å². The van der Waals surface area contributed by atoms with Crippen LogP contribution in [0.5, 0.6) is 0 Å². The predicted octanol–water partition coefficient (Wildman–Crippen LogP) is 13.9. The van der Waals surface area contributed by atoms with Crippen molar-refractivity contribution in [2.75, 3.05) is 0 Å². The summed E-state index contributed by atoms with van der Waals surface area (Å²) in [6.07, 6.45) is 19.8. The van der Waals surface area contributed by atoms with Gasteiger partial charge in [-0.25, -0.2) is 19.1 Å². The third-order valence-corrected chi connectivity index (χ3v) is 19.2. The van der Waals surface area contributed by atoms with Gasteiger partial charge in [0, 0.05) is 46.4 Å². The van der Waals surface area contributed by atoms with Crippen LogP contribution in [0.2, 0.25) is 0 Å². The van der Waals surface area contributed by atoms with Crippen molar-refractivity contribution in [3.63, 3.8) is 0 Å². The largest absolute Gasteiger partial charge is 0.354 e. The summed E-state index contributed by atoms with van der Waals surface area (Å²) in [5, 5.41) is 0.815. The first-order valence-corrected chi connectivity index (χ1v) is 34.2.